The van der Waals surface area contributed by atoms with Crippen molar-refractivity contribution in [3.63, 3.8) is 0 Å². The third kappa shape index (κ3) is 3.81. The summed E-state index contributed by atoms with van der Waals surface area (Å²) in [5.41, 5.74) is 1.24. The summed E-state index contributed by atoms with van der Waals surface area (Å²) in [6.45, 7) is 4.57. The lowest BCUT2D eigenvalue weighted by atomic mass is 10.3. The zero-order valence-corrected chi connectivity index (χ0v) is 12.4. The minimum absolute atomic E-state index is 0.191. The third-order valence-electron chi connectivity index (χ3n) is 2.71. The van der Waals surface area contributed by atoms with Gasteiger partial charge in [-0.05, 0) is 26.0 Å². The normalized spacial score (nSPS) is 10.1. The second-order valence-electron chi connectivity index (χ2n) is 4.38. The van der Waals surface area contributed by atoms with Crippen molar-refractivity contribution in [1.29, 1.82) is 0 Å². The van der Waals surface area contributed by atoms with Crippen molar-refractivity contribution in [2.24, 2.45) is 0 Å². The quantitative estimate of drug-likeness (QED) is 0.691. The number of hydrogen-bond acceptors (Lipinski definition) is 4. The van der Waals surface area contributed by atoms with Crippen molar-refractivity contribution in [2.75, 3.05) is 23.7 Å². The fourth-order valence-electron chi connectivity index (χ4n) is 1.80. The van der Waals surface area contributed by atoms with Crippen LogP contribution in [0.15, 0.2) is 24.3 Å². The maximum atomic E-state index is 11.7. The number of fused-ring (bicyclic) bond motifs is 1. The molecule has 2 rings (SSSR count). The molecule has 0 aliphatic rings. The van der Waals surface area contributed by atoms with E-state index in [2.05, 4.69) is 31.2 Å². The Hall–Kier alpha value is -2.90. The summed E-state index contributed by atoms with van der Waals surface area (Å²) in [4.78, 5) is 32.1. The number of hydrogen-bond donors (Lipinski definition) is 4. The molecule has 0 aliphatic heterocycles. The Bertz CT molecular complexity index is 630. The number of benzene rings is 1. The van der Waals surface area contributed by atoms with Crippen molar-refractivity contribution >= 4 is 34.7 Å². The summed E-state index contributed by atoms with van der Waals surface area (Å²) in [5, 5.41) is 10.4. The zero-order chi connectivity index (χ0) is 15.9. The van der Waals surface area contributed by atoms with E-state index in [0.29, 0.717) is 24.1 Å². The lowest BCUT2D eigenvalue weighted by Crippen LogP contribution is -2.31. The molecule has 22 heavy (non-hydrogen) atoms. The number of carbonyl (C=O) groups is 2. The van der Waals surface area contributed by atoms with Crippen molar-refractivity contribution in [3.05, 3.63) is 24.3 Å². The molecule has 0 spiro atoms. The van der Waals surface area contributed by atoms with E-state index in [1.54, 1.807) is 26.0 Å². The van der Waals surface area contributed by atoms with Crippen molar-refractivity contribution in [3.8, 4) is 0 Å². The number of rotatable bonds is 4. The molecule has 8 nitrogen and oxygen atoms in total. The summed E-state index contributed by atoms with van der Waals surface area (Å²) in [7, 11) is 0. The number of anilines is 2. The Morgan fingerprint density at radius 2 is 1.27 bits per heavy atom. The van der Waals surface area contributed by atoms with Gasteiger partial charge in [0, 0.05) is 13.1 Å². The monoisotopic (exact) mass is 302 g/mol. The molecule has 4 amide bonds. The van der Waals surface area contributed by atoms with Gasteiger partial charge in [0.2, 0.25) is 0 Å². The summed E-state index contributed by atoms with van der Waals surface area (Å²) in [6, 6.07) is 6.38. The van der Waals surface area contributed by atoms with Gasteiger partial charge in [-0.1, -0.05) is 12.1 Å². The van der Waals surface area contributed by atoms with Crippen LogP contribution < -0.4 is 21.3 Å². The molecule has 8 heteroatoms. The van der Waals surface area contributed by atoms with E-state index in [0.717, 1.165) is 0 Å². The number of amides is 4. The van der Waals surface area contributed by atoms with Crippen molar-refractivity contribution in [1.82, 2.24) is 20.6 Å². The van der Waals surface area contributed by atoms with Crippen LogP contribution in [-0.2, 0) is 0 Å². The Labute approximate surface area is 127 Å². The van der Waals surface area contributed by atoms with Gasteiger partial charge in [0.25, 0.3) is 0 Å². The van der Waals surface area contributed by atoms with E-state index in [-0.39, 0.29) is 11.6 Å². The molecule has 116 valence electrons. The maximum Gasteiger partial charge on any atom is 0.320 e. The first-order valence-corrected chi connectivity index (χ1v) is 7.00. The second kappa shape index (κ2) is 7.21. The van der Waals surface area contributed by atoms with Gasteiger partial charge in [-0.25, -0.2) is 19.6 Å². The van der Waals surface area contributed by atoms with Gasteiger partial charge in [0.15, 0.2) is 11.6 Å². The highest BCUT2D eigenvalue weighted by molar-refractivity contribution is 5.97. The van der Waals surface area contributed by atoms with Gasteiger partial charge < -0.3 is 10.6 Å². The van der Waals surface area contributed by atoms with Crippen LogP contribution in [0.1, 0.15) is 13.8 Å². The molecule has 0 saturated heterocycles. The van der Waals surface area contributed by atoms with E-state index in [1.807, 2.05) is 12.1 Å². The molecule has 2 aromatic rings. The molecule has 0 unspecified atom stereocenters. The van der Waals surface area contributed by atoms with E-state index < -0.39 is 12.1 Å². The van der Waals surface area contributed by atoms with E-state index in [4.69, 9.17) is 0 Å². The first-order valence-electron chi connectivity index (χ1n) is 7.00. The van der Waals surface area contributed by atoms with Crippen LogP contribution in [0.4, 0.5) is 21.2 Å². The Morgan fingerprint density at radius 1 is 0.864 bits per heavy atom. The molecule has 1 aromatic carbocycles. The molecule has 1 heterocycles. The molecular weight excluding hydrogens is 284 g/mol. The van der Waals surface area contributed by atoms with Crippen LogP contribution in [0.3, 0.4) is 0 Å². The lowest BCUT2D eigenvalue weighted by Gasteiger charge is -2.12. The molecule has 0 bridgehead atoms. The average molecular weight is 302 g/mol. The van der Waals surface area contributed by atoms with Crippen molar-refractivity contribution < 1.29 is 9.59 Å². The molecule has 0 fully saturated rings. The SMILES string of the molecule is CCNC(=O)Nc1nc2ccccc2nc1NC(=O)NCC. The van der Waals surface area contributed by atoms with Crippen LogP contribution in [-0.4, -0.2) is 35.1 Å². The first-order chi connectivity index (χ1) is 10.6. The lowest BCUT2D eigenvalue weighted by molar-refractivity contribution is 0.251. The third-order valence-corrected chi connectivity index (χ3v) is 2.71. The predicted octanol–water partition coefficient (Wildman–Crippen LogP) is 1.91. The molecule has 1 aromatic heterocycles. The van der Waals surface area contributed by atoms with Crippen LogP contribution in [0.2, 0.25) is 0 Å². The van der Waals surface area contributed by atoms with Crippen LogP contribution in [0.25, 0.3) is 11.0 Å². The first kappa shape index (κ1) is 15.5. The van der Waals surface area contributed by atoms with E-state index >= 15 is 0 Å². The largest absolute Gasteiger partial charge is 0.338 e. The molecule has 0 saturated carbocycles. The molecule has 0 atom stereocenters. The average Bonchev–Trinajstić information content (AvgIpc) is 2.48. The van der Waals surface area contributed by atoms with Crippen LogP contribution in [0, 0.1) is 0 Å². The van der Waals surface area contributed by atoms with Gasteiger partial charge in [0.1, 0.15) is 0 Å². The zero-order valence-electron chi connectivity index (χ0n) is 12.4. The smallest absolute Gasteiger partial charge is 0.320 e. The summed E-state index contributed by atoms with van der Waals surface area (Å²) < 4.78 is 0. The summed E-state index contributed by atoms with van der Waals surface area (Å²) in [6.07, 6.45) is 0. The maximum absolute atomic E-state index is 11.7. The molecule has 4 N–H and O–H groups in total. The highest BCUT2D eigenvalue weighted by Crippen LogP contribution is 2.21. The van der Waals surface area contributed by atoms with Gasteiger partial charge >= 0.3 is 12.1 Å². The molecule has 0 aliphatic carbocycles. The number of para-hydroxylation sites is 2. The fourth-order valence-corrected chi connectivity index (χ4v) is 1.80. The highest BCUT2D eigenvalue weighted by Gasteiger charge is 2.13. The topological polar surface area (TPSA) is 108 Å². The second-order valence-corrected chi connectivity index (χ2v) is 4.38. The number of urea groups is 2. The van der Waals surface area contributed by atoms with Gasteiger partial charge in [-0.2, -0.15) is 0 Å². The van der Waals surface area contributed by atoms with E-state index in [1.165, 1.54) is 0 Å². The minimum atomic E-state index is -0.411. The number of aromatic nitrogens is 2. The summed E-state index contributed by atoms with van der Waals surface area (Å²) in [5.74, 6) is 0.381. The van der Waals surface area contributed by atoms with E-state index in [9.17, 15) is 9.59 Å². The Morgan fingerprint density at radius 3 is 1.64 bits per heavy atom. The van der Waals surface area contributed by atoms with Crippen molar-refractivity contribution in [2.45, 2.75) is 13.8 Å². The fraction of sp³-hybridized carbons (Fsp3) is 0.286. The standard InChI is InChI=1S/C14H18N6O2/c1-3-15-13(21)19-11-12(20-14(22)16-4-2)18-10-8-6-5-7-9(10)17-11/h5-8H,3-4H2,1-2H3,(H2,15,17,19,21)(H2,16,18,20,22). The minimum Gasteiger partial charge on any atom is -0.338 e. The van der Waals surface area contributed by atoms with Gasteiger partial charge in [-0.15, -0.1) is 0 Å². The number of nitrogens with one attached hydrogen (secondary N) is 4. The Kier molecular flexibility index (Phi) is 5.07. The van der Waals surface area contributed by atoms with Gasteiger partial charge in [-0.3, -0.25) is 10.6 Å². The van der Waals surface area contributed by atoms with Crippen LogP contribution in [0.5, 0.6) is 0 Å². The number of nitrogens with zero attached hydrogens (tertiary/aromatic N) is 2. The molecule has 0 radical (unpaired) electrons. The Balaban J connectivity index is 2.36. The van der Waals surface area contributed by atoms with Crippen LogP contribution >= 0.6 is 0 Å². The highest BCUT2D eigenvalue weighted by atomic mass is 16.2. The summed E-state index contributed by atoms with van der Waals surface area (Å²) >= 11 is 0. The number of carbonyl (C=O) groups excluding carboxylic acids is 2. The predicted molar refractivity (Wildman–Crippen MR) is 84.9 cm³/mol. The van der Waals surface area contributed by atoms with Gasteiger partial charge in [0.05, 0.1) is 11.0 Å². The molecular formula is C14H18N6O2.